The third kappa shape index (κ3) is 2.80. The van der Waals surface area contributed by atoms with Crippen molar-refractivity contribution in [3.05, 3.63) is 35.4 Å². The molecular formula is C19H25NO2S. The number of carbonyl (C=O) groups is 1. The van der Waals surface area contributed by atoms with Gasteiger partial charge in [-0.05, 0) is 61.2 Å². The van der Waals surface area contributed by atoms with Crippen molar-refractivity contribution in [2.24, 2.45) is 5.92 Å². The van der Waals surface area contributed by atoms with E-state index in [1.165, 1.54) is 17.5 Å². The van der Waals surface area contributed by atoms with Gasteiger partial charge in [0.2, 0.25) is 5.91 Å². The summed E-state index contributed by atoms with van der Waals surface area (Å²) in [7, 11) is 0. The fourth-order valence-electron chi connectivity index (χ4n) is 4.48. The smallest absolute Gasteiger partial charge is 0.224 e. The molecular weight excluding hydrogens is 306 g/mol. The summed E-state index contributed by atoms with van der Waals surface area (Å²) in [5, 5.41) is 13.6. The summed E-state index contributed by atoms with van der Waals surface area (Å²) in [4.78, 5) is 12.6. The van der Waals surface area contributed by atoms with Crippen LogP contribution >= 0.6 is 11.8 Å². The van der Waals surface area contributed by atoms with E-state index in [0.29, 0.717) is 6.54 Å². The molecule has 4 heteroatoms. The average molecular weight is 331 g/mol. The summed E-state index contributed by atoms with van der Waals surface area (Å²) in [6.07, 6.45) is 6.01. The Labute approximate surface area is 142 Å². The second-order valence-corrected chi connectivity index (χ2v) is 8.70. The van der Waals surface area contributed by atoms with E-state index in [1.807, 2.05) is 11.8 Å². The molecule has 1 heterocycles. The fourth-order valence-corrected chi connectivity index (χ4v) is 5.73. The summed E-state index contributed by atoms with van der Waals surface area (Å²) in [5.74, 6) is 2.24. The molecule has 3 aliphatic rings. The van der Waals surface area contributed by atoms with Gasteiger partial charge in [0.25, 0.3) is 0 Å². The standard InChI is InChI=1S/C19H25NO2S/c21-17(20-13-18(22)8-10-23-11-9-18)16-12-19(16)7-3-5-14-4-1-2-6-15(14)19/h1-2,4,6,16,22H,3,5,7-13H2,(H,20,21)/t16-,19+/m0/s1. The Morgan fingerprint density at radius 3 is 2.87 bits per heavy atom. The van der Waals surface area contributed by atoms with Crippen LogP contribution in [0.25, 0.3) is 0 Å². The first kappa shape index (κ1) is 15.5. The molecule has 2 aliphatic carbocycles. The van der Waals surface area contributed by atoms with Gasteiger partial charge in [-0.3, -0.25) is 4.79 Å². The first-order chi connectivity index (χ1) is 11.1. The van der Waals surface area contributed by atoms with Crippen LogP contribution in [-0.2, 0) is 16.6 Å². The molecule has 1 amide bonds. The number of carbonyl (C=O) groups excluding carboxylic acids is 1. The number of rotatable bonds is 3. The van der Waals surface area contributed by atoms with Gasteiger partial charge in [0, 0.05) is 17.9 Å². The van der Waals surface area contributed by atoms with Crippen molar-refractivity contribution in [1.82, 2.24) is 5.32 Å². The van der Waals surface area contributed by atoms with E-state index in [0.717, 1.165) is 43.6 Å². The number of thioether (sulfide) groups is 1. The Hall–Kier alpha value is -1.00. The second kappa shape index (κ2) is 5.82. The highest BCUT2D eigenvalue weighted by molar-refractivity contribution is 7.99. The molecule has 1 spiro atoms. The summed E-state index contributed by atoms with van der Waals surface area (Å²) in [5.41, 5.74) is 2.23. The van der Waals surface area contributed by atoms with Crippen LogP contribution in [-0.4, -0.2) is 34.7 Å². The number of hydrogen-bond donors (Lipinski definition) is 2. The van der Waals surface area contributed by atoms with E-state index >= 15 is 0 Å². The molecule has 23 heavy (non-hydrogen) atoms. The number of amides is 1. The second-order valence-electron chi connectivity index (χ2n) is 7.48. The van der Waals surface area contributed by atoms with Crippen molar-refractivity contribution >= 4 is 17.7 Å². The van der Waals surface area contributed by atoms with E-state index in [2.05, 4.69) is 29.6 Å². The fraction of sp³-hybridized carbons (Fsp3) is 0.632. The van der Waals surface area contributed by atoms with Crippen molar-refractivity contribution < 1.29 is 9.90 Å². The normalized spacial score (nSPS) is 31.4. The van der Waals surface area contributed by atoms with Gasteiger partial charge >= 0.3 is 0 Å². The maximum Gasteiger partial charge on any atom is 0.224 e. The highest BCUT2D eigenvalue weighted by atomic mass is 32.2. The SMILES string of the molecule is O=C(NCC1(O)CCSCC1)[C@@H]1C[C@@]12CCCc1ccccc12. The van der Waals surface area contributed by atoms with Gasteiger partial charge in [-0.2, -0.15) is 11.8 Å². The van der Waals surface area contributed by atoms with Crippen molar-refractivity contribution in [2.45, 2.75) is 49.5 Å². The molecule has 1 aliphatic heterocycles. The number of fused-ring (bicyclic) bond motifs is 2. The van der Waals surface area contributed by atoms with Crippen molar-refractivity contribution in [1.29, 1.82) is 0 Å². The lowest BCUT2D eigenvalue weighted by atomic mass is 9.78. The third-order valence-electron chi connectivity index (χ3n) is 6.03. The van der Waals surface area contributed by atoms with Gasteiger partial charge in [-0.15, -0.1) is 0 Å². The van der Waals surface area contributed by atoms with Gasteiger partial charge < -0.3 is 10.4 Å². The minimum absolute atomic E-state index is 0.0873. The Morgan fingerprint density at radius 2 is 2.04 bits per heavy atom. The van der Waals surface area contributed by atoms with Crippen molar-refractivity contribution in [3.63, 3.8) is 0 Å². The lowest BCUT2D eigenvalue weighted by molar-refractivity contribution is -0.124. The van der Waals surface area contributed by atoms with Crippen LogP contribution in [0.3, 0.4) is 0 Å². The minimum Gasteiger partial charge on any atom is -0.388 e. The Kier molecular flexibility index (Phi) is 3.93. The molecule has 1 saturated heterocycles. The molecule has 2 N–H and O–H groups in total. The molecule has 2 atom stereocenters. The van der Waals surface area contributed by atoms with Crippen LogP contribution in [0, 0.1) is 5.92 Å². The topological polar surface area (TPSA) is 49.3 Å². The quantitative estimate of drug-likeness (QED) is 0.895. The zero-order valence-electron chi connectivity index (χ0n) is 13.5. The van der Waals surface area contributed by atoms with Crippen LogP contribution in [0.2, 0.25) is 0 Å². The molecule has 0 radical (unpaired) electrons. The molecule has 0 aromatic heterocycles. The van der Waals surface area contributed by atoms with Crippen LogP contribution in [0.1, 0.15) is 43.2 Å². The van der Waals surface area contributed by atoms with Crippen molar-refractivity contribution in [3.8, 4) is 0 Å². The first-order valence-electron chi connectivity index (χ1n) is 8.79. The molecule has 0 bridgehead atoms. The molecule has 2 fully saturated rings. The number of aliphatic hydroxyl groups is 1. The lowest BCUT2D eigenvalue weighted by Gasteiger charge is -2.32. The van der Waals surface area contributed by atoms with Crippen LogP contribution in [0.5, 0.6) is 0 Å². The molecule has 1 aromatic carbocycles. The van der Waals surface area contributed by atoms with Crippen LogP contribution in [0.4, 0.5) is 0 Å². The molecule has 3 nitrogen and oxygen atoms in total. The Balaban J connectivity index is 1.42. The molecule has 124 valence electrons. The maximum absolute atomic E-state index is 12.6. The van der Waals surface area contributed by atoms with Crippen molar-refractivity contribution in [2.75, 3.05) is 18.1 Å². The van der Waals surface area contributed by atoms with E-state index in [4.69, 9.17) is 0 Å². The maximum atomic E-state index is 12.6. The van der Waals surface area contributed by atoms with Gasteiger partial charge in [0.15, 0.2) is 0 Å². The highest BCUT2D eigenvalue weighted by Crippen LogP contribution is 2.60. The van der Waals surface area contributed by atoms with Crippen LogP contribution < -0.4 is 5.32 Å². The third-order valence-corrected chi connectivity index (χ3v) is 7.02. The van der Waals surface area contributed by atoms with Gasteiger partial charge in [-0.1, -0.05) is 24.3 Å². The van der Waals surface area contributed by atoms with E-state index in [1.54, 1.807) is 0 Å². The number of hydrogen-bond acceptors (Lipinski definition) is 3. The Morgan fingerprint density at radius 1 is 1.26 bits per heavy atom. The summed E-state index contributed by atoms with van der Waals surface area (Å²) < 4.78 is 0. The van der Waals surface area contributed by atoms with Gasteiger partial charge in [0.05, 0.1) is 5.60 Å². The van der Waals surface area contributed by atoms with Crippen LogP contribution in [0.15, 0.2) is 24.3 Å². The number of aryl methyl sites for hydroxylation is 1. The predicted octanol–water partition coefficient (Wildman–Crippen LogP) is 2.65. The minimum atomic E-state index is -0.687. The Bertz CT molecular complexity index is 611. The lowest BCUT2D eigenvalue weighted by Crippen LogP contribution is -2.46. The van der Waals surface area contributed by atoms with E-state index < -0.39 is 5.60 Å². The molecule has 0 unspecified atom stereocenters. The average Bonchev–Trinajstić information content (AvgIpc) is 3.29. The van der Waals surface area contributed by atoms with E-state index in [-0.39, 0.29) is 17.2 Å². The summed E-state index contributed by atoms with van der Waals surface area (Å²) >= 11 is 1.89. The summed E-state index contributed by atoms with van der Waals surface area (Å²) in [6.45, 7) is 0.417. The highest BCUT2D eigenvalue weighted by Gasteiger charge is 2.60. The number of benzene rings is 1. The predicted molar refractivity (Wildman–Crippen MR) is 93.7 cm³/mol. The first-order valence-corrected chi connectivity index (χ1v) is 9.95. The number of nitrogens with one attached hydrogen (secondary N) is 1. The van der Waals surface area contributed by atoms with Gasteiger partial charge in [0.1, 0.15) is 0 Å². The summed E-state index contributed by atoms with van der Waals surface area (Å²) in [6, 6.07) is 8.63. The zero-order valence-corrected chi connectivity index (χ0v) is 14.3. The largest absolute Gasteiger partial charge is 0.388 e. The van der Waals surface area contributed by atoms with Gasteiger partial charge in [-0.25, -0.2) is 0 Å². The monoisotopic (exact) mass is 331 g/mol. The molecule has 4 rings (SSSR count). The molecule has 1 saturated carbocycles. The molecule has 1 aromatic rings. The van der Waals surface area contributed by atoms with E-state index in [9.17, 15) is 9.90 Å². The zero-order chi connectivity index (χ0) is 15.9.